The number of hydrogen-bond acceptors (Lipinski definition) is 5. The van der Waals surface area contributed by atoms with Crippen LogP contribution in [0.15, 0.2) is 97.1 Å². The van der Waals surface area contributed by atoms with Gasteiger partial charge in [0.1, 0.15) is 11.9 Å². The maximum absolute atomic E-state index is 13.7. The number of nitrogens with zero attached hydrogens (tertiary/aromatic N) is 4. The van der Waals surface area contributed by atoms with E-state index in [1.165, 1.54) is 16.3 Å². The summed E-state index contributed by atoms with van der Waals surface area (Å²) in [5.74, 6) is 0.225. The first-order chi connectivity index (χ1) is 20.0. The summed E-state index contributed by atoms with van der Waals surface area (Å²) in [5, 5.41) is 18.7. The van der Waals surface area contributed by atoms with Crippen molar-refractivity contribution in [2.75, 3.05) is 26.7 Å². The molecule has 0 saturated carbocycles. The molecule has 2 atom stereocenters. The van der Waals surface area contributed by atoms with E-state index in [4.69, 9.17) is 0 Å². The number of aromatic hydroxyl groups is 1. The zero-order valence-corrected chi connectivity index (χ0v) is 23.2. The van der Waals surface area contributed by atoms with Gasteiger partial charge >= 0.3 is 6.03 Å². The zero-order valence-electron chi connectivity index (χ0n) is 23.2. The predicted molar refractivity (Wildman–Crippen MR) is 159 cm³/mol. The highest BCUT2D eigenvalue weighted by atomic mass is 16.3. The van der Waals surface area contributed by atoms with E-state index in [0.29, 0.717) is 32.6 Å². The van der Waals surface area contributed by atoms with Gasteiger partial charge in [-0.05, 0) is 46.0 Å². The maximum atomic E-state index is 13.7. The van der Waals surface area contributed by atoms with E-state index in [2.05, 4.69) is 46.6 Å². The van der Waals surface area contributed by atoms with Crippen LogP contribution in [0.25, 0.3) is 10.8 Å². The van der Waals surface area contributed by atoms with Crippen molar-refractivity contribution in [1.29, 1.82) is 0 Å². The van der Waals surface area contributed by atoms with Crippen molar-refractivity contribution in [1.82, 2.24) is 25.1 Å². The number of phenolic OH excluding ortho intramolecular Hbond substituents is 1. The van der Waals surface area contributed by atoms with E-state index in [-0.39, 0.29) is 30.3 Å². The number of carbonyl (C=O) groups excluding carboxylic acids is 2. The van der Waals surface area contributed by atoms with Gasteiger partial charge in [-0.3, -0.25) is 9.69 Å². The number of hydrogen-bond donors (Lipinski definition) is 2. The minimum absolute atomic E-state index is 0.0122. The summed E-state index contributed by atoms with van der Waals surface area (Å²) >= 11 is 0. The van der Waals surface area contributed by atoms with Crippen molar-refractivity contribution < 1.29 is 14.7 Å². The van der Waals surface area contributed by atoms with Gasteiger partial charge in [0.05, 0.1) is 12.6 Å². The van der Waals surface area contributed by atoms with E-state index >= 15 is 0 Å². The lowest BCUT2D eigenvalue weighted by molar-refractivity contribution is -0.180. The number of rotatable bonds is 6. The second-order valence-electron chi connectivity index (χ2n) is 10.9. The highest BCUT2D eigenvalue weighted by Crippen LogP contribution is 2.29. The van der Waals surface area contributed by atoms with Crippen LogP contribution in [0.5, 0.6) is 5.75 Å². The van der Waals surface area contributed by atoms with Gasteiger partial charge in [-0.25, -0.2) is 14.8 Å². The van der Waals surface area contributed by atoms with Crippen molar-refractivity contribution in [3.8, 4) is 5.75 Å². The smallest absolute Gasteiger partial charge is 0.334 e. The third-order valence-corrected chi connectivity index (χ3v) is 8.08. The maximum Gasteiger partial charge on any atom is 0.334 e. The average molecular weight is 550 g/mol. The van der Waals surface area contributed by atoms with Gasteiger partial charge in [-0.2, -0.15) is 0 Å². The van der Waals surface area contributed by atoms with E-state index in [0.717, 1.165) is 11.1 Å². The van der Waals surface area contributed by atoms with Crippen LogP contribution in [0.4, 0.5) is 4.79 Å². The van der Waals surface area contributed by atoms with E-state index in [1.54, 1.807) is 29.2 Å². The van der Waals surface area contributed by atoms with E-state index in [9.17, 15) is 14.7 Å². The topological polar surface area (TPSA) is 79.4 Å². The molecule has 210 valence electrons. The molecule has 0 unspecified atom stereocenters. The lowest BCUT2D eigenvalue weighted by atomic mass is 9.98. The number of amides is 3. The molecule has 2 aliphatic rings. The molecule has 0 bridgehead atoms. The number of urea groups is 1. The molecule has 8 nitrogen and oxygen atoms in total. The molecule has 2 heterocycles. The summed E-state index contributed by atoms with van der Waals surface area (Å²) in [5.41, 5.74) is 3.26. The predicted octanol–water partition coefficient (Wildman–Crippen LogP) is 4.20. The second-order valence-corrected chi connectivity index (χ2v) is 10.9. The SMILES string of the molecule is CN1CC(=O)N2[C@@H](Cc3ccc(O)cc3)CN(Cc3cccc4ccccc34)C[C@H]2N1C(=O)NCc1ccccc1. The summed E-state index contributed by atoms with van der Waals surface area (Å²) in [7, 11) is 1.80. The monoisotopic (exact) mass is 549 g/mol. The van der Waals surface area contributed by atoms with Gasteiger partial charge < -0.3 is 15.3 Å². The van der Waals surface area contributed by atoms with Crippen molar-refractivity contribution in [2.24, 2.45) is 0 Å². The highest BCUT2D eigenvalue weighted by Gasteiger charge is 2.47. The van der Waals surface area contributed by atoms with Crippen molar-refractivity contribution in [3.05, 3.63) is 114 Å². The molecule has 4 aromatic rings. The lowest BCUT2D eigenvalue weighted by Gasteiger charge is -2.55. The van der Waals surface area contributed by atoms with Crippen LogP contribution in [0, 0.1) is 0 Å². The highest BCUT2D eigenvalue weighted by molar-refractivity contribution is 5.86. The molecule has 0 aromatic heterocycles. The number of nitrogens with one attached hydrogen (secondary N) is 1. The molecule has 41 heavy (non-hydrogen) atoms. The Kier molecular flexibility index (Phi) is 7.59. The minimum atomic E-state index is -0.456. The van der Waals surface area contributed by atoms with Crippen LogP contribution in [0.3, 0.4) is 0 Å². The number of piperazine rings is 1. The molecule has 2 saturated heterocycles. The Balaban J connectivity index is 1.30. The van der Waals surface area contributed by atoms with Gasteiger partial charge in [0.2, 0.25) is 5.91 Å². The third kappa shape index (κ3) is 5.75. The number of fused-ring (bicyclic) bond motifs is 2. The number of phenols is 1. The molecule has 0 spiro atoms. The Hall–Kier alpha value is -4.40. The number of hydrazine groups is 1. The third-order valence-electron chi connectivity index (χ3n) is 8.08. The fourth-order valence-corrected chi connectivity index (χ4v) is 6.18. The molecule has 2 fully saturated rings. The Labute approximate surface area is 240 Å². The van der Waals surface area contributed by atoms with Gasteiger partial charge in [-0.15, -0.1) is 0 Å². The largest absolute Gasteiger partial charge is 0.508 e. The first-order valence-electron chi connectivity index (χ1n) is 14.1. The molecular formula is C33H35N5O3. The van der Waals surface area contributed by atoms with E-state index in [1.807, 2.05) is 53.4 Å². The summed E-state index contributed by atoms with van der Waals surface area (Å²) in [6.07, 6.45) is 0.167. The van der Waals surface area contributed by atoms with Gasteiger partial charge in [0, 0.05) is 33.2 Å². The summed E-state index contributed by atoms with van der Waals surface area (Å²) in [4.78, 5) is 31.5. The summed E-state index contributed by atoms with van der Waals surface area (Å²) < 4.78 is 0. The first-order valence-corrected chi connectivity index (χ1v) is 14.1. The fourth-order valence-electron chi connectivity index (χ4n) is 6.18. The Bertz CT molecular complexity index is 1520. The van der Waals surface area contributed by atoms with Crippen molar-refractivity contribution >= 4 is 22.7 Å². The van der Waals surface area contributed by atoms with Crippen LogP contribution < -0.4 is 5.32 Å². The molecule has 3 amide bonds. The van der Waals surface area contributed by atoms with Gasteiger partial charge in [0.15, 0.2) is 0 Å². The average Bonchev–Trinajstić information content (AvgIpc) is 2.98. The zero-order chi connectivity index (χ0) is 28.3. The normalized spacial score (nSPS) is 19.8. The van der Waals surface area contributed by atoms with Crippen LogP contribution in [-0.2, 0) is 24.3 Å². The Morgan fingerprint density at radius 2 is 1.61 bits per heavy atom. The molecular weight excluding hydrogens is 514 g/mol. The number of likely N-dealkylation sites (N-methyl/N-ethyl adjacent to an activating group) is 1. The number of carbonyl (C=O) groups is 2. The van der Waals surface area contributed by atoms with Crippen molar-refractivity contribution in [3.63, 3.8) is 0 Å². The van der Waals surface area contributed by atoms with Crippen molar-refractivity contribution in [2.45, 2.75) is 31.7 Å². The molecule has 2 N–H and O–H groups in total. The molecule has 0 aliphatic carbocycles. The summed E-state index contributed by atoms with van der Waals surface area (Å²) in [6.45, 7) is 2.45. The van der Waals surface area contributed by atoms with E-state index < -0.39 is 6.17 Å². The second kappa shape index (κ2) is 11.6. The van der Waals surface area contributed by atoms with Crippen LogP contribution in [0.2, 0.25) is 0 Å². The van der Waals surface area contributed by atoms with Crippen LogP contribution in [0.1, 0.15) is 16.7 Å². The van der Waals surface area contributed by atoms with Gasteiger partial charge in [-0.1, -0.05) is 84.9 Å². The Morgan fingerprint density at radius 1 is 0.878 bits per heavy atom. The standard InChI is InChI=1S/C33H35N5O3/c1-35-23-32(40)37-28(18-24-14-16-29(39)17-15-24)21-36(20-27-12-7-11-26-10-5-6-13-30(26)27)22-31(37)38(35)33(41)34-19-25-8-3-2-4-9-25/h2-17,28,31,39H,18-23H2,1H3,(H,34,41)/t28-,31+/m0/s1. The molecule has 8 heteroatoms. The molecule has 2 aliphatic heterocycles. The quantitative estimate of drug-likeness (QED) is 0.377. The van der Waals surface area contributed by atoms with Gasteiger partial charge in [0.25, 0.3) is 0 Å². The van der Waals surface area contributed by atoms with Crippen LogP contribution >= 0.6 is 0 Å². The molecule has 0 radical (unpaired) electrons. The molecule has 4 aromatic carbocycles. The molecule has 6 rings (SSSR count). The fraction of sp³-hybridized carbons (Fsp3) is 0.273. The first kappa shape index (κ1) is 26.8. The Morgan fingerprint density at radius 3 is 2.41 bits per heavy atom. The minimum Gasteiger partial charge on any atom is -0.508 e. The summed E-state index contributed by atoms with van der Waals surface area (Å²) in [6, 6.07) is 31.4. The lowest BCUT2D eigenvalue weighted by Crippen LogP contribution is -2.74. The number of benzene rings is 4. The van der Waals surface area contributed by atoms with Crippen LogP contribution in [-0.4, -0.2) is 75.8 Å².